The molecule has 1 amide bonds. The summed E-state index contributed by atoms with van der Waals surface area (Å²) in [5, 5.41) is 2.89. The van der Waals surface area contributed by atoms with Gasteiger partial charge in [0, 0.05) is 30.5 Å². The van der Waals surface area contributed by atoms with Gasteiger partial charge < -0.3 is 15.0 Å². The van der Waals surface area contributed by atoms with Crippen molar-refractivity contribution >= 4 is 17.5 Å². The van der Waals surface area contributed by atoms with Crippen LogP contribution in [-0.4, -0.2) is 35.6 Å². The minimum atomic E-state index is -0.202. The maximum absolute atomic E-state index is 12.2. The minimum absolute atomic E-state index is 0.0831. The molecule has 1 fully saturated rings. The van der Waals surface area contributed by atoms with E-state index >= 15 is 0 Å². The fraction of sp³-hybridized carbons (Fsp3) is 0.476. The number of benzene rings is 1. The summed E-state index contributed by atoms with van der Waals surface area (Å²) in [5.74, 6) is 1.67. The van der Waals surface area contributed by atoms with Gasteiger partial charge in [0.25, 0.3) is 5.91 Å². The van der Waals surface area contributed by atoms with Crippen LogP contribution in [0.25, 0.3) is 0 Å². The van der Waals surface area contributed by atoms with Crippen LogP contribution in [0.5, 0.6) is 5.88 Å². The van der Waals surface area contributed by atoms with Gasteiger partial charge in [-0.25, -0.2) is 4.98 Å². The second kappa shape index (κ2) is 8.37. The van der Waals surface area contributed by atoms with E-state index in [2.05, 4.69) is 27.1 Å². The first kappa shape index (κ1) is 19.1. The summed E-state index contributed by atoms with van der Waals surface area (Å²) in [6, 6.07) is 7.69. The summed E-state index contributed by atoms with van der Waals surface area (Å²) < 4.78 is 5.65. The van der Waals surface area contributed by atoms with Crippen molar-refractivity contribution in [3.05, 3.63) is 41.1 Å². The van der Waals surface area contributed by atoms with Crippen LogP contribution in [0.1, 0.15) is 36.6 Å². The number of piperidine rings is 1. The van der Waals surface area contributed by atoms with E-state index in [9.17, 15) is 4.79 Å². The zero-order valence-electron chi connectivity index (χ0n) is 16.6. The van der Waals surface area contributed by atoms with Crippen molar-refractivity contribution in [3.63, 3.8) is 0 Å². The summed E-state index contributed by atoms with van der Waals surface area (Å²) in [7, 11) is 0. The number of hydrogen-bond acceptors (Lipinski definition) is 5. The van der Waals surface area contributed by atoms with Gasteiger partial charge in [-0.15, -0.1) is 0 Å². The number of carbonyl (C=O) groups excluding carboxylic acids is 1. The zero-order valence-corrected chi connectivity index (χ0v) is 16.6. The molecule has 6 heteroatoms. The molecule has 0 saturated carbocycles. The molecule has 1 saturated heterocycles. The number of amides is 1. The molecule has 3 rings (SSSR count). The summed E-state index contributed by atoms with van der Waals surface area (Å²) in [6.45, 7) is 10.0. The van der Waals surface area contributed by atoms with Crippen molar-refractivity contribution in [2.24, 2.45) is 5.92 Å². The summed E-state index contributed by atoms with van der Waals surface area (Å²) in [4.78, 5) is 23.5. The van der Waals surface area contributed by atoms with E-state index in [-0.39, 0.29) is 12.5 Å². The number of hydrogen-bond donors (Lipinski definition) is 1. The molecule has 27 heavy (non-hydrogen) atoms. The Bertz CT molecular complexity index is 814. The lowest BCUT2D eigenvalue weighted by atomic mass is 10.00. The Kier molecular flexibility index (Phi) is 5.94. The highest BCUT2D eigenvalue weighted by Gasteiger charge is 2.19. The fourth-order valence-corrected chi connectivity index (χ4v) is 3.23. The van der Waals surface area contributed by atoms with Crippen molar-refractivity contribution in [2.75, 3.05) is 29.9 Å². The molecule has 0 radical (unpaired) electrons. The Morgan fingerprint density at radius 3 is 2.63 bits per heavy atom. The number of carbonyl (C=O) groups is 1. The monoisotopic (exact) mass is 368 g/mol. The van der Waals surface area contributed by atoms with Crippen LogP contribution in [0.4, 0.5) is 11.6 Å². The zero-order chi connectivity index (χ0) is 19.4. The number of ether oxygens (including phenoxy) is 1. The van der Waals surface area contributed by atoms with Gasteiger partial charge in [-0.05, 0) is 51.2 Å². The van der Waals surface area contributed by atoms with E-state index in [0.29, 0.717) is 11.8 Å². The predicted molar refractivity (Wildman–Crippen MR) is 107 cm³/mol. The number of nitrogens with zero attached hydrogens (tertiary/aromatic N) is 3. The summed E-state index contributed by atoms with van der Waals surface area (Å²) >= 11 is 0. The second-order valence-corrected chi connectivity index (χ2v) is 7.47. The lowest BCUT2D eigenvalue weighted by Crippen LogP contribution is -2.34. The third kappa shape index (κ3) is 5.18. The first-order valence-electron chi connectivity index (χ1n) is 9.51. The standard InChI is InChI=1S/C21H28N4O2/c1-14-7-9-25(10-8-14)21-22-17(4)12-20(24-21)27-13-19(26)23-18-6-5-15(2)11-16(18)3/h5-6,11-12,14H,7-10,13H2,1-4H3,(H,23,26). The Balaban J connectivity index is 1.61. The average Bonchev–Trinajstić information content (AvgIpc) is 2.62. The van der Waals surface area contributed by atoms with Gasteiger partial charge in [-0.1, -0.05) is 24.6 Å². The quantitative estimate of drug-likeness (QED) is 0.872. The first-order valence-corrected chi connectivity index (χ1v) is 9.51. The first-order chi connectivity index (χ1) is 12.9. The van der Waals surface area contributed by atoms with E-state index in [1.54, 1.807) is 6.07 Å². The molecule has 1 aliphatic rings. The van der Waals surface area contributed by atoms with Crippen molar-refractivity contribution in [3.8, 4) is 5.88 Å². The van der Waals surface area contributed by atoms with E-state index in [4.69, 9.17) is 4.74 Å². The Labute approximate surface area is 161 Å². The van der Waals surface area contributed by atoms with Crippen molar-refractivity contribution in [2.45, 2.75) is 40.5 Å². The van der Waals surface area contributed by atoms with Gasteiger partial charge in [0.2, 0.25) is 11.8 Å². The lowest BCUT2D eigenvalue weighted by Gasteiger charge is -2.30. The molecule has 0 spiro atoms. The van der Waals surface area contributed by atoms with Crippen molar-refractivity contribution < 1.29 is 9.53 Å². The Morgan fingerprint density at radius 1 is 1.19 bits per heavy atom. The van der Waals surface area contributed by atoms with Crippen LogP contribution in [0, 0.1) is 26.7 Å². The van der Waals surface area contributed by atoms with Crippen LogP contribution in [0.15, 0.2) is 24.3 Å². The fourth-order valence-electron chi connectivity index (χ4n) is 3.23. The molecule has 2 heterocycles. The van der Waals surface area contributed by atoms with Gasteiger partial charge in [-0.2, -0.15) is 4.98 Å². The largest absolute Gasteiger partial charge is 0.467 e. The van der Waals surface area contributed by atoms with Gasteiger partial charge >= 0.3 is 0 Å². The van der Waals surface area contributed by atoms with Gasteiger partial charge in [0.1, 0.15) is 0 Å². The highest BCUT2D eigenvalue weighted by molar-refractivity contribution is 5.92. The van der Waals surface area contributed by atoms with Crippen molar-refractivity contribution in [1.82, 2.24) is 9.97 Å². The van der Waals surface area contributed by atoms with Crippen LogP contribution < -0.4 is 15.0 Å². The molecular formula is C21H28N4O2. The third-order valence-electron chi connectivity index (χ3n) is 4.89. The molecule has 0 aliphatic carbocycles. The molecule has 2 aromatic rings. The van der Waals surface area contributed by atoms with Crippen molar-refractivity contribution in [1.29, 1.82) is 0 Å². The molecule has 144 valence electrons. The Morgan fingerprint density at radius 2 is 1.93 bits per heavy atom. The molecule has 0 bridgehead atoms. The van der Waals surface area contributed by atoms with Gasteiger partial charge in [-0.3, -0.25) is 4.79 Å². The molecule has 0 atom stereocenters. The van der Waals surface area contributed by atoms with E-state index in [0.717, 1.165) is 54.4 Å². The van der Waals surface area contributed by atoms with Crippen LogP contribution in [-0.2, 0) is 4.79 Å². The smallest absolute Gasteiger partial charge is 0.262 e. The second-order valence-electron chi connectivity index (χ2n) is 7.47. The minimum Gasteiger partial charge on any atom is -0.467 e. The number of nitrogens with one attached hydrogen (secondary N) is 1. The lowest BCUT2D eigenvalue weighted by molar-refractivity contribution is -0.118. The molecule has 1 aromatic carbocycles. The highest BCUT2D eigenvalue weighted by atomic mass is 16.5. The van der Waals surface area contributed by atoms with Gasteiger partial charge in [0.15, 0.2) is 6.61 Å². The normalized spacial score (nSPS) is 14.9. The number of aryl methyl sites for hydroxylation is 3. The molecule has 1 aliphatic heterocycles. The predicted octanol–water partition coefficient (Wildman–Crippen LogP) is 3.66. The maximum atomic E-state index is 12.2. The molecule has 1 aromatic heterocycles. The topological polar surface area (TPSA) is 67.3 Å². The number of rotatable bonds is 5. The van der Waals surface area contributed by atoms with Crippen LogP contribution in [0.3, 0.4) is 0 Å². The summed E-state index contributed by atoms with van der Waals surface area (Å²) in [6.07, 6.45) is 2.29. The average molecular weight is 368 g/mol. The van der Waals surface area contributed by atoms with Gasteiger partial charge in [0.05, 0.1) is 0 Å². The molecular weight excluding hydrogens is 340 g/mol. The summed E-state index contributed by atoms with van der Waals surface area (Å²) in [5.41, 5.74) is 3.83. The maximum Gasteiger partial charge on any atom is 0.262 e. The number of aromatic nitrogens is 2. The highest BCUT2D eigenvalue weighted by Crippen LogP contribution is 2.22. The SMILES string of the molecule is Cc1ccc(NC(=O)COc2cc(C)nc(N3CCC(C)CC3)n2)c(C)c1. The van der Waals surface area contributed by atoms with Crippen LogP contribution >= 0.6 is 0 Å². The molecule has 0 unspecified atom stereocenters. The molecule has 1 N–H and O–H groups in total. The van der Waals surface area contributed by atoms with E-state index in [1.807, 2.05) is 39.0 Å². The Hall–Kier alpha value is -2.63. The molecule has 6 nitrogen and oxygen atoms in total. The third-order valence-corrected chi connectivity index (χ3v) is 4.89. The van der Waals surface area contributed by atoms with E-state index < -0.39 is 0 Å². The van der Waals surface area contributed by atoms with E-state index in [1.165, 1.54) is 0 Å². The van der Waals surface area contributed by atoms with Crippen LogP contribution in [0.2, 0.25) is 0 Å². The number of anilines is 2.